The Bertz CT molecular complexity index is 290. The van der Waals surface area contributed by atoms with Crippen molar-refractivity contribution >= 4 is 5.69 Å². The van der Waals surface area contributed by atoms with Crippen LogP contribution in [0.4, 0.5) is 5.69 Å². The summed E-state index contributed by atoms with van der Waals surface area (Å²) >= 11 is 0. The van der Waals surface area contributed by atoms with Crippen molar-refractivity contribution in [3.05, 3.63) is 29.3 Å². The summed E-state index contributed by atoms with van der Waals surface area (Å²) in [4.78, 5) is 0. The second-order valence-electron chi connectivity index (χ2n) is 3.47. The van der Waals surface area contributed by atoms with Gasteiger partial charge in [-0.15, -0.1) is 0 Å². The second kappa shape index (κ2) is 2.79. The van der Waals surface area contributed by atoms with Crippen LogP contribution in [0.1, 0.15) is 17.0 Å². The van der Waals surface area contributed by atoms with Crippen molar-refractivity contribution in [1.29, 1.82) is 0 Å². The Morgan fingerprint density at radius 2 is 2.17 bits per heavy atom. The third-order valence-electron chi connectivity index (χ3n) is 2.52. The standard InChI is InChI=1S/C10H14N2/c1-7-4-9(11)2-3-10(7)8-5-12-6-8/h2-4,8,12H,5-6,11H2,1H3. The Labute approximate surface area is 72.8 Å². The van der Waals surface area contributed by atoms with E-state index in [9.17, 15) is 0 Å². The maximum Gasteiger partial charge on any atom is 0.0316 e. The molecule has 1 aliphatic rings. The molecular weight excluding hydrogens is 148 g/mol. The first-order valence-electron chi connectivity index (χ1n) is 4.34. The summed E-state index contributed by atoms with van der Waals surface area (Å²) in [5.41, 5.74) is 9.30. The summed E-state index contributed by atoms with van der Waals surface area (Å²) in [5.74, 6) is 0.714. The molecule has 0 aliphatic carbocycles. The van der Waals surface area contributed by atoms with Gasteiger partial charge in [0, 0.05) is 24.7 Å². The zero-order valence-electron chi connectivity index (χ0n) is 7.30. The molecule has 1 aromatic rings. The zero-order chi connectivity index (χ0) is 8.55. The van der Waals surface area contributed by atoms with E-state index in [-0.39, 0.29) is 0 Å². The molecule has 2 heteroatoms. The Kier molecular flexibility index (Phi) is 1.77. The molecule has 2 rings (SSSR count). The van der Waals surface area contributed by atoms with Crippen LogP contribution in [-0.2, 0) is 0 Å². The van der Waals surface area contributed by atoms with Gasteiger partial charge in [0.2, 0.25) is 0 Å². The van der Waals surface area contributed by atoms with Gasteiger partial charge in [-0.25, -0.2) is 0 Å². The average Bonchev–Trinajstić information content (AvgIpc) is 1.91. The maximum absolute atomic E-state index is 5.67. The van der Waals surface area contributed by atoms with E-state index in [1.807, 2.05) is 12.1 Å². The molecule has 1 fully saturated rings. The maximum atomic E-state index is 5.67. The molecule has 2 nitrogen and oxygen atoms in total. The Morgan fingerprint density at radius 1 is 1.42 bits per heavy atom. The first-order chi connectivity index (χ1) is 5.77. The first-order valence-corrected chi connectivity index (χ1v) is 4.34. The molecule has 64 valence electrons. The number of hydrogen-bond acceptors (Lipinski definition) is 2. The van der Waals surface area contributed by atoms with E-state index in [4.69, 9.17) is 5.73 Å². The minimum atomic E-state index is 0.714. The molecule has 12 heavy (non-hydrogen) atoms. The number of aryl methyl sites for hydroxylation is 1. The van der Waals surface area contributed by atoms with Crippen LogP contribution in [-0.4, -0.2) is 13.1 Å². The molecule has 3 N–H and O–H groups in total. The fraction of sp³-hybridized carbons (Fsp3) is 0.400. The summed E-state index contributed by atoms with van der Waals surface area (Å²) in [5, 5.41) is 3.27. The van der Waals surface area contributed by atoms with Crippen LogP contribution in [0.25, 0.3) is 0 Å². The predicted octanol–water partition coefficient (Wildman–Crippen LogP) is 1.26. The van der Waals surface area contributed by atoms with Gasteiger partial charge in [0.15, 0.2) is 0 Å². The number of hydrogen-bond donors (Lipinski definition) is 2. The number of nitrogens with one attached hydrogen (secondary N) is 1. The van der Waals surface area contributed by atoms with E-state index in [0.717, 1.165) is 18.8 Å². The van der Waals surface area contributed by atoms with E-state index >= 15 is 0 Å². The lowest BCUT2D eigenvalue weighted by molar-refractivity contribution is 0.447. The van der Waals surface area contributed by atoms with E-state index in [1.54, 1.807) is 0 Å². The first kappa shape index (κ1) is 7.62. The molecule has 0 amide bonds. The van der Waals surface area contributed by atoms with Crippen molar-refractivity contribution in [3.63, 3.8) is 0 Å². The number of nitrogens with two attached hydrogens (primary N) is 1. The van der Waals surface area contributed by atoms with Gasteiger partial charge in [0.1, 0.15) is 0 Å². The lowest BCUT2D eigenvalue weighted by Gasteiger charge is -2.28. The average molecular weight is 162 g/mol. The van der Waals surface area contributed by atoms with E-state index in [0.29, 0.717) is 5.92 Å². The summed E-state index contributed by atoms with van der Waals surface area (Å²) in [6.07, 6.45) is 0. The number of nitrogen functional groups attached to an aromatic ring is 1. The van der Waals surface area contributed by atoms with Crippen LogP contribution in [0.15, 0.2) is 18.2 Å². The molecule has 0 unspecified atom stereocenters. The number of anilines is 1. The number of rotatable bonds is 1. The van der Waals surface area contributed by atoms with Gasteiger partial charge < -0.3 is 11.1 Å². The van der Waals surface area contributed by atoms with Gasteiger partial charge in [-0.2, -0.15) is 0 Å². The molecule has 0 spiro atoms. The van der Waals surface area contributed by atoms with Crippen LogP contribution in [0.2, 0.25) is 0 Å². The molecule has 0 radical (unpaired) electrons. The minimum Gasteiger partial charge on any atom is -0.399 e. The largest absolute Gasteiger partial charge is 0.399 e. The highest BCUT2D eigenvalue weighted by Crippen LogP contribution is 2.24. The predicted molar refractivity (Wildman–Crippen MR) is 51.2 cm³/mol. The van der Waals surface area contributed by atoms with Gasteiger partial charge >= 0.3 is 0 Å². The van der Waals surface area contributed by atoms with E-state index in [1.165, 1.54) is 11.1 Å². The topological polar surface area (TPSA) is 38.0 Å². The van der Waals surface area contributed by atoms with Crippen molar-refractivity contribution in [2.75, 3.05) is 18.8 Å². The van der Waals surface area contributed by atoms with Crippen molar-refractivity contribution < 1.29 is 0 Å². The third kappa shape index (κ3) is 1.18. The Morgan fingerprint density at radius 3 is 2.67 bits per heavy atom. The Balaban J connectivity index is 2.31. The minimum absolute atomic E-state index is 0.714. The van der Waals surface area contributed by atoms with Crippen molar-refractivity contribution in [3.8, 4) is 0 Å². The van der Waals surface area contributed by atoms with Crippen LogP contribution < -0.4 is 11.1 Å². The van der Waals surface area contributed by atoms with E-state index < -0.39 is 0 Å². The molecule has 0 aromatic heterocycles. The van der Waals surface area contributed by atoms with Gasteiger partial charge in [0.05, 0.1) is 0 Å². The monoisotopic (exact) mass is 162 g/mol. The summed E-state index contributed by atoms with van der Waals surface area (Å²) < 4.78 is 0. The van der Waals surface area contributed by atoms with Crippen molar-refractivity contribution in [2.45, 2.75) is 12.8 Å². The molecule has 1 saturated heterocycles. The Hall–Kier alpha value is -1.02. The highest BCUT2D eigenvalue weighted by Gasteiger charge is 2.19. The third-order valence-corrected chi connectivity index (χ3v) is 2.52. The SMILES string of the molecule is Cc1cc(N)ccc1C1CNC1. The van der Waals surface area contributed by atoms with Crippen LogP contribution in [0.5, 0.6) is 0 Å². The van der Waals surface area contributed by atoms with Crippen LogP contribution >= 0.6 is 0 Å². The summed E-state index contributed by atoms with van der Waals surface area (Å²) in [6, 6.07) is 6.18. The highest BCUT2D eigenvalue weighted by atomic mass is 14.9. The summed E-state index contributed by atoms with van der Waals surface area (Å²) in [7, 11) is 0. The lowest BCUT2D eigenvalue weighted by Crippen LogP contribution is -2.40. The molecule has 1 aliphatic heterocycles. The quantitative estimate of drug-likeness (QED) is 0.610. The van der Waals surface area contributed by atoms with Gasteiger partial charge in [0.25, 0.3) is 0 Å². The number of benzene rings is 1. The smallest absolute Gasteiger partial charge is 0.0316 e. The second-order valence-corrected chi connectivity index (χ2v) is 3.47. The highest BCUT2D eigenvalue weighted by molar-refractivity contribution is 5.45. The zero-order valence-corrected chi connectivity index (χ0v) is 7.30. The fourth-order valence-corrected chi connectivity index (χ4v) is 1.67. The molecule has 0 bridgehead atoms. The molecule has 1 heterocycles. The van der Waals surface area contributed by atoms with Gasteiger partial charge in [-0.1, -0.05) is 6.07 Å². The van der Waals surface area contributed by atoms with Gasteiger partial charge in [-0.3, -0.25) is 0 Å². The molecule has 0 atom stereocenters. The molecular formula is C10H14N2. The van der Waals surface area contributed by atoms with Gasteiger partial charge in [-0.05, 0) is 30.2 Å². The molecule has 1 aromatic carbocycles. The fourth-order valence-electron chi connectivity index (χ4n) is 1.67. The normalized spacial score (nSPS) is 17.4. The van der Waals surface area contributed by atoms with E-state index in [2.05, 4.69) is 18.3 Å². The van der Waals surface area contributed by atoms with Crippen molar-refractivity contribution in [1.82, 2.24) is 5.32 Å². The molecule has 0 saturated carbocycles. The summed E-state index contributed by atoms with van der Waals surface area (Å²) in [6.45, 7) is 4.36. The van der Waals surface area contributed by atoms with Crippen LogP contribution in [0, 0.1) is 6.92 Å². The van der Waals surface area contributed by atoms with Crippen LogP contribution in [0.3, 0.4) is 0 Å². The lowest BCUT2D eigenvalue weighted by atomic mass is 9.90. The van der Waals surface area contributed by atoms with Crippen molar-refractivity contribution in [2.24, 2.45) is 0 Å².